The SMILES string of the molecule is BC(C)[C@H](C)CC/C=C\NCCCC(C)CC. The molecule has 0 aromatic carbocycles. The molecular formula is C15H32BN. The third kappa shape index (κ3) is 10.5. The first-order chi connectivity index (χ1) is 8.07. The van der Waals surface area contributed by atoms with Crippen molar-refractivity contribution < 1.29 is 0 Å². The van der Waals surface area contributed by atoms with Crippen molar-refractivity contribution in [3.8, 4) is 0 Å². The summed E-state index contributed by atoms with van der Waals surface area (Å²) in [6.07, 6.45) is 10.9. The molecule has 0 fully saturated rings. The largest absolute Gasteiger partial charge is 0.391 e. The minimum absolute atomic E-state index is 0.812. The third-order valence-corrected chi connectivity index (χ3v) is 3.88. The molecule has 0 spiro atoms. The third-order valence-electron chi connectivity index (χ3n) is 3.88. The van der Waals surface area contributed by atoms with Gasteiger partial charge in [-0.2, -0.15) is 0 Å². The molecule has 2 unspecified atom stereocenters. The molecule has 2 heteroatoms. The van der Waals surface area contributed by atoms with E-state index in [4.69, 9.17) is 0 Å². The summed E-state index contributed by atoms with van der Waals surface area (Å²) in [5.74, 6) is 2.53. The summed E-state index contributed by atoms with van der Waals surface area (Å²) in [6.45, 7) is 10.4. The van der Waals surface area contributed by atoms with E-state index in [2.05, 4.69) is 53.1 Å². The molecule has 1 N–H and O–H groups in total. The summed E-state index contributed by atoms with van der Waals surface area (Å²) < 4.78 is 0. The van der Waals surface area contributed by atoms with Crippen molar-refractivity contribution in [2.24, 2.45) is 11.8 Å². The van der Waals surface area contributed by atoms with Crippen LogP contribution < -0.4 is 5.32 Å². The van der Waals surface area contributed by atoms with E-state index < -0.39 is 0 Å². The highest BCUT2D eigenvalue weighted by Crippen LogP contribution is 2.18. The van der Waals surface area contributed by atoms with Crippen molar-refractivity contribution in [1.29, 1.82) is 0 Å². The van der Waals surface area contributed by atoms with Gasteiger partial charge in [-0.05, 0) is 43.7 Å². The zero-order valence-electron chi connectivity index (χ0n) is 12.6. The van der Waals surface area contributed by atoms with E-state index in [1.807, 2.05) is 0 Å². The summed E-state index contributed by atoms with van der Waals surface area (Å²) >= 11 is 0. The molecule has 0 aromatic heterocycles. The Hall–Kier alpha value is -0.395. The normalized spacial score (nSPS) is 16.9. The molecule has 1 nitrogen and oxygen atoms in total. The average molecular weight is 237 g/mol. The zero-order valence-corrected chi connectivity index (χ0v) is 12.6. The zero-order chi connectivity index (χ0) is 13.1. The Kier molecular flexibility index (Phi) is 10.5. The number of hydrogen-bond acceptors (Lipinski definition) is 1. The van der Waals surface area contributed by atoms with Crippen LogP contribution in [0.2, 0.25) is 5.82 Å². The Morgan fingerprint density at radius 2 is 1.88 bits per heavy atom. The van der Waals surface area contributed by atoms with Gasteiger partial charge in [-0.15, -0.1) is 0 Å². The molecule has 0 aliphatic heterocycles. The lowest BCUT2D eigenvalue weighted by Crippen LogP contribution is -2.08. The Bertz CT molecular complexity index is 189. The predicted molar refractivity (Wildman–Crippen MR) is 82.2 cm³/mol. The van der Waals surface area contributed by atoms with E-state index in [0.717, 1.165) is 24.2 Å². The summed E-state index contributed by atoms with van der Waals surface area (Å²) in [7, 11) is 2.31. The lowest BCUT2D eigenvalue weighted by molar-refractivity contribution is 0.491. The Balaban J connectivity index is 3.31. The van der Waals surface area contributed by atoms with E-state index in [1.165, 1.54) is 32.1 Å². The molecular weight excluding hydrogens is 205 g/mol. The van der Waals surface area contributed by atoms with Crippen molar-refractivity contribution in [2.75, 3.05) is 6.54 Å². The molecule has 0 amide bonds. The molecule has 0 rings (SSSR count). The van der Waals surface area contributed by atoms with Crippen molar-refractivity contribution >= 4 is 7.85 Å². The fraction of sp³-hybridized carbons (Fsp3) is 0.867. The molecule has 0 saturated carbocycles. The van der Waals surface area contributed by atoms with E-state index >= 15 is 0 Å². The van der Waals surface area contributed by atoms with Gasteiger partial charge in [0.2, 0.25) is 0 Å². The monoisotopic (exact) mass is 237 g/mol. The molecule has 3 atom stereocenters. The summed E-state index contributed by atoms with van der Waals surface area (Å²) in [5, 5.41) is 3.39. The van der Waals surface area contributed by atoms with Crippen molar-refractivity contribution in [2.45, 2.75) is 65.6 Å². The second-order valence-electron chi connectivity index (χ2n) is 5.81. The molecule has 0 aliphatic rings. The van der Waals surface area contributed by atoms with Crippen LogP contribution in [0.4, 0.5) is 0 Å². The molecule has 0 bridgehead atoms. The maximum absolute atomic E-state index is 3.39. The van der Waals surface area contributed by atoms with E-state index in [9.17, 15) is 0 Å². The van der Waals surface area contributed by atoms with E-state index in [-0.39, 0.29) is 0 Å². The maximum Gasteiger partial charge on any atom is 0.105 e. The van der Waals surface area contributed by atoms with Crippen LogP contribution in [0, 0.1) is 11.8 Å². The van der Waals surface area contributed by atoms with Gasteiger partial charge in [-0.25, -0.2) is 0 Å². The Morgan fingerprint density at radius 1 is 1.18 bits per heavy atom. The highest BCUT2D eigenvalue weighted by Gasteiger charge is 2.04. The molecule has 100 valence electrons. The summed E-state index contributed by atoms with van der Waals surface area (Å²) in [6, 6.07) is 0. The number of hydrogen-bond donors (Lipinski definition) is 1. The second kappa shape index (κ2) is 10.7. The second-order valence-corrected chi connectivity index (χ2v) is 5.81. The number of rotatable bonds is 10. The lowest BCUT2D eigenvalue weighted by atomic mass is 9.77. The first-order valence-electron chi connectivity index (χ1n) is 7.46. The van der Waals surface area contributed by atoms with Gasteiger partial charge in [0, 0.05) is 6.54 Å². The van der Waals surface area contributed by atoms with Crippen LogP contribution in [0.25, 0.3) is 0 Å². The Labute approximate surface area is 110 Å². The number of nitrogens with one attached hydrogen (secondary N) is 1. The van der Waals surface area contributed by atoms with E-state index in [1.54, 1.807) is 0 Å². The van der Waals surface area contributed by atoms with Crippen LogP contribution in [0.1, 0.15) is 59.8 Å². The smallest absolute Gasteiger partial charge is 0.105 e. The quantitative estimate of drug-likeness (QED) is 0.450. The van der Waals surface area contributed by atoms with Crippen LogP contribution in [-0.2, 0) is 0 Å². The molecule has 0 saturated heterocycles. The van der Waals surface area contributed by atoms with E-state index in [0.29, 0.717) is 0 Å². The van der Waals surface area contributed by atoms with Crippen LogP contribution in [0.5, 0.6) is 0 Å². The Morgan fingerprint density at radius 3 is 2.47 bits per heavy atom. The van der Waals surface area contributed by atoms with Gasteiger partial charge in [0.15, 0.2) is 0 Å². The highest BCUT2D eigenvalue weighted by molar-refractivity contribution is 6.11. The molecule has 0 radical (unpaired) electrons. The van der Waals surface area contributed by atoms with Gasteiger partial charge < -0.3 is 5.32 Å². The number of allylic oxidation sites excluding steroid dienone is 1. The fourth-order valence-corrected chi connectivity index (χ4v) is 1.70. The van der Waals surface area contributed by atoms with Gasteiger partial charge in [-0.3, -0.25) is 0 Å². The molecule has 0 heterocycles. The minimum Gasteiger partial charge on any atom is -0.391 e. The predicted octanol–water partition coefficient (Wildman–Crippen LogP) is 3.77. The summed E-state index contributed by atoms with van der Waals surface area (Å²) in [4.78, 5) is 0. The van der Waals surface area contributed by atoms with Crippen LogP contribution in [-0.4, -0.2) is 14.4 Å². The van der Waals surface area contributed by atoms with Crippen LogP contribution in [0.15, 0.2) is 12.3 Å². The lowest BCUT2D eigenvalue weighted by Gasteiger charge is -2.13. The van der Waals surface area contributed by atoms with Gasteiger partial charge in [-0.1, -0.05) is 46.0 Å². The molecule has 0 aromatic rings. The average Bonchev–Trinajstić information content (AvgIpc) is 2.31. The topological polar surface area (TPSA) is 12.0 Å². The highest BCUT2D eigenvalue weighted by atomic mass is 14.8. The first-order valence-corrected chi connectivity index (χ1v) is 7.46. The van der Waals surface area contributed by atoms with Crippen LogP contribution >= 0.6 is 0 Å². The molecule has 17 heavy (non-hydrogen) atoms. The van der Waals surface area contributed by atoms with Gasteiger partial charge >= 0.3 is 0 Å². The minimum atomic E-state index is 0.812. The maximum atomic E-state index is 3.39. The standard InChI is InChI=1S/C15H32BN/c1-5-13(2)9-8-12-17-11-7-6-10-14(3)15(4)16/h7,11,13-15,17H,5-6,8-10,12,16H2,1-4H3/b11-7-/t13?,14-,15?/m1/s1. The van der Waals surface area contributed by atoms with Crippen molar-refractivity contribution in [3.63, 3.8) is 0 Å². The van der Waals surface area contributed by atoms with Gasteiger partial charge in [0.25, 0.3) is 0 Å². The molecule has 0 aliphatic carbocycles. The van der Waals surface area contributed by atoms with Crippen molar-refractivity contribution in [1.82, 2.24) is 5.32 Å². The van der Waals surface area contributed by atoms with Crippen LogP contribution in [0.3, 0.4) is 0 Å². The summed E-state index contributed by atoms with van der Waals surface area (Å²) in [5.41, 5.74) is 0. The first kappa shape index (κ1) is 16.6. The van der Waals surface area contributed by atoms with Crippen molar-refractivity contribution in [3.05, 3.63) is 12.3 Å². The van der Waals surface area contributed by atoms with Gasteiger partial charge in [0.1, 0.15) is 7.85 Å². The van der Waals surface area contributed by atoms with Gasteiger partial charge in [0.05, 0.1) is 0 Å². The fourth-order valence-electron chi connectivity index (χ4n) is 1.70.